The lowest BCUT2D eigenvalue weighted by molar-refractivity contribution is 0.0942. The molecule has 0 atom stereocenters. The van der Waals surface area contributed by atoms with Crippen LogP contribution < -0.4 is 5.32 Å². The Kier molecular flexibility index (Phi) is 6.46. The summed E-state index contributed by atoms with van der Waals surface area (Å²) < 4.78 is 17.8. The van der Waals surface area contributed by atoms with Crippen LogP contribution in [0.25, 0.3) is 0 Å². The fourth-order valence-corrected chi connectivity index (χ4v) is 1.43. The number of carbonyl (C=O) groups is 1. The number of hydrogen-bond acceptors (Lipinski definition) is 3. The van der Waals surface area contributed by atoms with Gasteiger partial charge >= 0.3 is 0 Å². The predicted octanol–water partition coefficient (Wildman–Crippen LogP) is 1.91. The van der Waals surface area contributed by atoms with Gasteiger partial charge in [0.15, 0.2) is 0 Å². The van der Waals surface area contributed by atoms with Gasteiger partial charge < -0.3 is 15.2 Å². The summed E-state index contributed by atoms with van der Waals surface area (Å²) in [6.45, 7) is 1.40. The Hall–Kier alpha value is -1.33. The van der Waals surface area contributed by atoms with Crippen LogP contribution in [0.15, 0.2) is 18.2 Å². The van der Waals surface area contributed by atoms with E-state index in [1.807, 2.05) is 0 Å². The SMILES string of the molecule is O=C(NCCCOCCCl)c1ccc(F)cc1O. The number of phenols is 1. The van der Waals surface area contributed by atoms with Gasteiger partial charge in [0.25, 0.3) is 5.91 Å². The van der Waals surface area contributed by atoms with Gasteiger partial charge in [-0.3, -0.25) is 4.79 Å². The van der Waals surface area contributed by atoms with Gasteiger partial charge in [0.05, 0.1) is 12.2 Å². The number of benzene rings is 1. The molecule has 1 aromatic rings. The Morgan fingerprint density at radius 3 is 2.89 bits per heavy atom. The van der Waals surface area contributed by atoms with Crippen molar-refractivity contribution in [3.05, 3.63) is 29.6 Å². The highest BCUT2D eigenvalue weighted by Gasteiger charge is 2.10. The average Bonchev–Trinajstić information content (AvgIpc) is 2.33. The Bertz CT molecular complexity index is 401. The molecule has 0 saturated heterocycles. The molecule has 1 aromatic carbocycles. The Morgan fingerprint density at radius 2 is 2.22 bits per heavy atom. The maximum Gasteiger partial charge on any atom is 0.255 e. The number of hydrogen-bond donors (Lipinski definition) is 2. The zero-order valence-electron chi connectivity index (χ0n) is 9.79. The van der Waals surface area contributed by atoms with E-state index in [2.05, 4.69) is 5.32 Å². The summed E-state index contributed by atoms with van der Waals surface area (Å²) in [5.41, 5.74) is 0.0538. The second-order valence-corrected chi connectivity index (χ2v) is 3.95. The number of aromatic hydroxyl groups is 1. The fourth-order valence-electron chi connectivity index (χ4n) is 1.32. The molecule has 6 heteroatoms. The molecule has 0 bridgehead atoms. The van der Waals surface area contributed by atoms with E-state index in [1.54, 1.807) is 0 Å². The molecule has 0 spiro atoms. The molecule has 0 aliphatic heterocycles. The Balaban J connectivity index is 2.32. The lowest BCUT2D eigenvalue weighted by Crippen LogP contribution is -2.25. The second-order valence-electron chi connectivity index (χ2n) is 3.57. The number of halogens is 2. The van der Waals surface area contributed by atoms with E-state index < -0.39 is 11.7 Å². The monoisotopic (exact) mass is 275 g/mol. The predicted molar refractivity (Wildman–Crippen MR) is 66.6 cm³/mol. The smallest absolute Gasteiger partial charge is 0.255 e. The normalized spacial score (nSPS) is 10.3. The van der Waals surface area contributed by atoms with Crippen molar-refractivity contribution in [2.24, 2.45) is 0 Å². The van der Waals surface area contributed by atoms with Crippen molar-refractivity contribution in [2.75, 3.05) is 25.6 Å². The van der Waals surface area contributed by atoms with E-state index >= 15 is 0 Å². The molecular formula is C12H15ClFNO3. The molecular weight excluding hydrogens is 261 g/mol. The minimum absolute atomic E-state index is 0.0538. The van der Waals surface area contributed by atoms with Crippen molar-refractivity contribution in [3.8, 4) is 5.75 Å². The van der Waals surface area contributed by atoms with Gasteiger partial charge in [0, 0.05) is 25.1 Å². The van der Waals surface area contributed by atoms with Gasteiger partial charge in [-0.1, -0.05) is 0 Å². The van der Waals surface area contributed by atoms with Crippen LogP contribution in [-0.2, 0) is 4.74 Å². The molecule has 0 unspecified atom stereocenters. The molecule has 0 aliphatic rings. The number of ether oxygens (including phenoxy) is 1. The molecule has 0 aliphatic carbocycles. The molecule has 0 heterocycles. The summed E-state index contributed by atoms with van der Waals surface area (Å²) in [6.07, 6.45) is 0.643. The zero-order valence-corrected chi connectivity index (χ0v) is 10.5. The molecule has 1 rings (SSSR count). The summed E-state index contributed by atoms with van der Waals surface area (Å²) in [7, 11) is 0. The quantitative estimate of drug-likeness (QED) is 0.590. The van der Waals surface area contributed by atoms with Gasteiger partial charge in [-0.2, -0.15) is 0 Å². The van der Waals surface area contributed by atoms with Crippen molar-refractivity contribution in [1.82, 2.24) is 5.32 Å². The summed E-state index contributed by atoms with van der Waals surface area (Å²) in [4.78, 5) is 11.6. The van der Waals surface area contributed by atoms with Crippen LogP contribution in [-0.4, -0.2) is 36.7 Å². The molecule has 0 fully saturated rings. The molecule has 4 nitrogen and oxygen atoms in total. The fraction of sp³-hybridized carbons (Fsp3) is 0.417. The van der Waals surface area contributed by atoms with Crippen molar-refractivity contribution in [1.29, 1.82) is 0 Å². The zero-order chi connectivity index (χ0) is 13.4. The first-order valence-corrected chi connectivity index (χ1v) is 6.09. The molecule has 1 amide bonds. The third kappa shape index (κ3) is 4.89. The number of phenolic OH excluding ortho intramolecular Hbond substituents is 1. The summed E-state index contributed by atoms with van der Waals surface area (Å²) in [5, 5.41) is 12.0. The van der Waals surface area contributed by atoms with Gasteiger partial charge in [0.1, 0.15) is 11.6 Å². The van der Waals surface area contributed by atoms with Crippen molar-refractivity contribution < 1.29 is 19.0 Å². The van der Waals surface area contributed by atoms with Crippen LogP contribution in [0.5, 0.6) is 5.75 Å². The van der Waals surface area contributed by atoms with E-state index in [0.717, 1.165) is 12.1 Å². The first-order valence-electron chi connectivity index (χ1n) is 5.55. The highest BCUT2D eigenvalue weighted by molar-refractivity contribution is 6.17. The van der Waals surface area contributed by atoms with Gasteiger partial charge in [-0.15, -0.1) is 11.6 Å². The third-order valence-electron chi connectivity index (χ3n) is 2.18. The molecule has 2 N–H and O–H groups in total. The lowest BCUT2D eigenvalue weighted by Gasteiger charge is -2.07. The second kappa shape index (κ2) is 7.89. The van der Waals surface area contributed by atoms with Crippen molar-refractivity contribution in [3.63, 3.8) is 0 Å². The van der Waals surface area contributed by atoms with E-state index in [4.69, 9.17) is 16.3 Å². The number of carbonyl (C=O) groups excluding carboxylic acids is 1. The van der Waals surface area contributed by atoms with Crippen LogP contribution in [0.3, 0.4) is 0 Å². The topological polar surface area (TPSA) is 58.6 Å². The first kappa shape index (κ1) is 14.7. The minimum Gasteiger partial charge on any atom is -0.507 e. The van der Waals surface area contributed by atoms with Gasteiger partial charge in [-0.25, -0.2) is 4.39 Å². The first-order chi connectivity index (χ1) is 8.65. The van der Waals surface area contributed by atoms with Crippen molar-refractivity contribution in [2.45, 2.75) is 6.42 Å². The number of amides is 1. The molecule has 0 saturated carbocycles. The maximum atomic E-state index is 12.7. The van der Waals surface area contributed by atoms with Gasteiger partial charge in [-0.05, 0) is 18.6 Å². The van der Waals surface area contributed by atoms with E-state index in [0.29, 0.717) is 32.1 Å². The lowest BCUT2D eigenvalue weighted by atomic mass is 10.2. The standard InChI is InChI=1S/C12H15ClFNO3/c13-4-7-18-6-1-5-15-12(17)10-3-2-9(14)8-11(10)16/h2-3,8,16H,1,4-7H2,(H,15,17). The Labute approximate surface area is 110 Å². The summed E-state index contributed by atoms with van der Waals surface area (Å²) >= 11 is 5.42. The molecule has 0 radical (unpaired) electrons. The minimum atomic E-state index is -0.585. The largest absolute Gasteiger partial charge is 0.507 e. The summed E-state index contributed by atoms with van der Waals surface area (Å²) in [6, 6.07) is 3.26. The molecule has 0 aromatic heterocycles. The highest BCUT2D eigenvalue weighted by Crippen LogP contribution is 2.17. The summed E-state index contributed by atoms with van der Waals surface area (Å²) in [5.74, 6) is -0.954. The average molecular weight is 276 g/mol. The van der Waals surface area contributed by atoms with Crippen LogP contribution in [0.1, 0.15) is 16.8 Å². The number of alkyl halides is 1. The van der Waals surface area contributed by atoms with Crippen LogP contribution in [0, 0.1) is 5.82 Å². The van der Waals surface area contributed by atoms with Crippen LogP contribution in [0.4, 0.5) is 4.39 Å². The van der Waals surface area contributed by atoms with E-state index in [-0.39, 0.29) is 11.3 Å². The highest BCUT2D eigenvalue weighted by atomic mass is 35.5. The number of rotatable bonds is 7. The Morgan fingerprint density at radius 1 is 1.44 bits per heavy atom. The van der Waals surface area contributed by atoms with E-state index in [9.17, 15) is 14.3 Å². The van der Waals surface area contributed by atoms with Gasteiger partial charge in [0.2, 0.25) is 0 Å². The van der Waals surface area contributed by atoms with E-state index in [1.165, 1.54) is 6.07 Å². The molecule has 18 heavy (non-hydrogen) atoms. The number of nitrogens with one attached hydrogen (secondary N) is 1. The maximum absolute atomic E-state index is 12.7. The van der Waals surface area contributed by atoms with Crippen molar-refractivity contribution >= 4 is 17.5 Å². The van der Waals surface area contributed by atoms with Crippen LogP contribution in [0.2, 0.25) is 0 Å². The third-order valence-corrected chi connectivity index (χ3v) is 2.33. The van der Waals surface area contributed by atoms with Crippen LogP contribution >= 0.6 is 11.6 Å². The molecule has 100 valence electrons.